The maximum absolute atomic E-state index is 12.7. The lowest BCUT2D eigenvalue weighted by atomic mass is 9.88. The topological polar surface area (TPSA) is 56.7 Å². The van der Waals surface area contributed by atoms with Crippen molar-refractivity contribution in [1.29, 1.82) is 0 Å². The Labute approximate surface area is 191 Å². The molecule has 1 amide bonds. The van der Waals surface area contributed by atoms with Crippen LogP contribution in [0, 0.1) is 5.92 Å². The van der Waals surface area contributed by atoms with Crippen molar-refractivity contribution >= 4 is 63.1 Å². The summed E-state index contributed by atoms with van der Waals surface area (Å²) in [6, 6.07) is 4.44. The molecule has 1 aliphatic carbocycles. The van der Waals surface area contributed by atoms with Gasteiger partial charge in [-0.05, 0) is 54.2 Å². The van der Waals surface area contributed by atoms with Crippen LogP contribution in [-0.2, 0) is 11.3 Å². The number of amides is 1. The fourth-order valence-corrected chi connectivity index (χ4v) is 5.20. The van der Waals surface area contributed by atoms with Crippen LogP contribution in [0.2, 0.25) is 0 Å². The first-order valence-corrected chi connectivity index (χ1v) is 11.3. The van der Waals surface area contributed by atoms with Crippen molar-refractivity contribution in [3.8, 4) is 0 Å². The van der Waals surface area contributed by atoms with E-state index in [1.165, 1.54) is 24.1 Å². The molecule has 1 unspecified atom stereocenters. The first-order chi connectivity index (χ1) is 12.7. The van der Waals surface area contributed by atoms with Gasteiger partial charge >= 0.3 is 0 Å². The van der Waals surface area contributed by atoms with Crippen molar-refractivity contribution in [2.45, 2.75) is 58.0 Å². The molecule has 0 bridgehead atoms. The number of halogens is 2. The third-order valence-electron chi connectivity index (χ3n) is 5.16. The van der Waals surface area contributed by atoms with E-state index < -0.39 is 0 Å². The SMILES string of the molecule is CCNC(=NCc1ccc(Br)s1)NC1CCN(C(=O)C2CCCCC2)C1.I. The van der Waals surface area contributed by atoms with E-state index in [9.17, 15) is 4.79 Å². The van der Waals surface area contributed by atoms with Crippen molar-refractivity contribution in [2.24, 2.45) is 10.9 Å². The monoisotopic (exact) mass is 568 g/mol. The molecule has 152 valence electrons. The van der Waals surface area contributed by atoms with E-state index >= 15 is 0 Å². The summed E-state index contributed by atoms with van der Waals surface area (Å²) in [6.45, 7) is 5.24. The van der Waals surface area contributed by atoms with E-state index in [4.69, 9.17) is 4.99 Å². The molecule has 8 heteroatoms. The zero-order valence-electron chi connectivity index (χ0n) is 15.9. The normalized spacial score (nSPS) is 21.0. The molecule has 0 spiro atoms. The quantitative estimate of drug-likeness (QED) is 0.315. The number of carbonyl (C=O) groups excluding carboxylic acids is 1. The van der Waals surface area contributed by atoms with Crippen LogP contribution in [0.3, 0.4) is 0 Å². The van der Waals surface area contributed by atoms with Crippen LogP contribution in [0.4, 0.5) is 0 Å². The summed E-state index contributed by atoms with van der Waals surface area (Å²) in [5.74, 6) is 1.48. The highest BCUT2D eigenvalue weighted by atomic mass is 127. The zero-order chi connectivity index (χ0) is 18.4. The molecule has 27 heavy (non-hydrogen) atoms. The second-order valence-electron chi connectivity index (χ2n) is 7.15. The molecular formula is C19H30BrIN4OS. The van der Waals surface area contributed by atoms with Gasteiger partial charge in [0, 0.05) is 36.5 Å². The van der Waals surface area contributed by atoms with Crippen LogP contribution in [-0.4, -0.2) is 42.4 Å². The maximum Gasteiger partial charge on any atom is 0.225 e. The third-order valence-corrected chi connectivity index (χ3v) is 6.77. The van der Waals surface area contributed by atoms with Gasteiger partial charge in [0.05, 0.1) is 10.3 Å². The van der Waals surface area contributed by atoms with Gasteiger partial charge in [-0.25, -0.2) is 4.99 Å². The highest BCUT2D eigenvalue weighted by molar-refractivity contribution is 14.0. The van der Waals surface area contributed by atoms with Crippen LogP contribution < -0.4 is 10.6 Å². The molecule has 0 aromatic carbocycles. The van der Waals surface area contributed by atoms with Crippen molar-refractivity contribution in [1.82, 2.24) is 15.5 Å². The van der Waals surface area contributed by atoms with Gasteiger partial charge < -0.3 is 15.5 Å². The first-order valence-electron chi connectivity index (χ1n) is 9.73. The Bertz CT molecular complexity index is 633. The van der Waals surface area contributed by atoms with Crippen molar-refractivity contribution < 1.29 is 4.79 Å². The number of hydrogen-bond donors (Lipinski definition) is 2. The molecule has 2 heterocycles. The number of likely N-dealkylation sites (tertiary alicyclic amines) is 1. The Balaban J connectivity index is 0.00000261. The fourth-order valence-electron chi connectivity index (χ4n) is 3.79. The van der Waals surface area contributed by atoms with Crippen LogP contribution in [0.25, 0.3) is 0 Å². The van der Waals surface area contributed by atoms with Crippen molar-refractivity contribution in [2.75, 3.05) is 19.6 Å². The molecule has 5 nitrogen and oxygen atoms in total. The second kappa shape index (κ2) is 11.6. The molecule has 1 aromatic rings. The summed E-state index contributed by atoms with van der Waals surface area (Å²) in [5, 5.41) is 6.84. The molecule has 2 aliphatic rings. The van der Waals surface area contributed by atoms with Crippen molar-refractivity contribution in [3.63, 3.8) is 0 Å². The minimum absolute atomic E-state index is 0. The number of guanidine groups is 1. The van der Waals surface area contributed by atoms with Gasteiger partial charge in [0.1, 0.15) is 0 Å². The Morgan fingerprint density at radius 3 is 2.74 bits per heavy atom. The number of carbonyl (C=O) groups is 1. The summed E-state index contributed by atoms with van der Waals surface area (Å²) in [6.07, 6.45) is 6.86. The Hall–Kier alpha value is -0.350. The first kappa shape index (κ1) is 22.9. The minimum atomic E-state index is 0. The molecule has 2 fully saturated rings. The molecule has 1 aromatic heterocycles. The number of aliphatic imine (C=N–C) groups is 1. The summed E-state index contributed by atoms with van der Waals surface area (Å²) in [5.41, 5.74) is 0. The van der Waals surface area contributed by atoms with E-state index in [1.807, 2.05) is 0 Å². The summed E-state index contributed by atoms with van der Waals surface area (Å²) in [7, 11) is 0. The number of thiophene rings is 1. The number of nitrogens with one attached hydrogen (secondary N) is 2. The van der Waals surface area contributed by atoms with Gasteiger partial charge in [0.2, 0.25) is 5.91 Å². The average Bonchev–Trinajstić information content (AvgIpc) is 3.29. The van der Waals surface area contributed by atoms with Gasteiger partial charge in [-0.2, -0.15) is 0 Å². The van der Waals surface area contributed by atoms with Gasteiger partial charge in [-0.3, -0.25) is 4.79 Å². The minimum Gasteiger partial charge on any atom is -0.357 e. The van der Waals surface area contributed by atoms with Crippen LogP contribution in [0.5, 0.6) is 0 Å². The lowest BCUT2D eigenvalue weighted by Crippen LogP contribution is -2.45. The highest BCUT2D eigenvalue weighted by Crippen LogP contribution is 2.27. The molecule has 3 rings (SSSR count). The Morgan fingerprint density at radius 2 is 2.07 bits per heavy atom. The second-order valence-corrected chi connectivity index (χ2v) is 9.70. The summed E-state index contributed by atoms with van der Waals surface area (Å²) < 4.78 is 1.13. The number of hydrogen-bond acceptors (Lipinski definition) is 3. The van der Waals surface area contributed by atoms with E-state index in [0.29, 0.717) is 12.5 Å². The maximum atomic E-state index is 12.7. The van der Waals surface area contributed by atoms with Gasteiger partial charge in [0.15, 0.2) is 5.96 Å². The van der Waals surface area contributed by atoms with Crippen molar-refractivity contribution in [3.05, 3.63) is 20.8 Å². The third kappa shape index (κ3) is 6.88. The molecular weight excluding hydrogens is 539 g/mol. The number of nitrogens with zero attached hydrogens (tertiary/aromatic N) is 2. The lowest BCUT2D eigenvalue weighted by molar-refractivity contribution is -0.135. The standard InChI is InChI=1S/C19H29BrN4OS.HI/c1-2-21-19(22-12-16-8-9-17(20)26-16)23-15-10-11-24(13-15)18(25)14-6-4-3-5-7-14;/h8-9,14-15H,2-7,10-13H2,1H3,(H2,21,22,23);1H. The van der Waals surface area contributed by atoms with Crippen LogP contribution in [0.15, 0.2) is 20.9 Å². The largest absolute Gasteiger partial charge is 0.357 e. The van der Waals surface area contributed by atoms with Gasteiger partial charge in [-0.15, -0.1) is 35.3 Å². The zero-order valence-corrected chi connectivity index (χ0v) is 20.6. The molecule has 1 aliphatic heterocycles. The lowest BCUT2D eigenvalue weighted by Gasteiger charge is -2.26. The molecule has 1 saturated heterocycles. The predicted octanol–water partition coefficient (Wildman–Crippen LogP) is 4.36. The average molecular weight is 569 g/mol. The van der Waals surface area contributed by atoms with Gasteiger partial charge in [0.25, 0.3) is 0 Å². The molecule has 2 N–H and O–H groups in total. The van der Waals surface area contributed by atoms with E-state index in [1.54, 1.807) is 11.3 Å². The van der Waals surface area contributed by atoms with E-state index in [2.05, 4.69) is 50.5 Å². The highest BCUT2D eigenvalue weighted by Gasteiger charge is 2.31. The molecule has 0 radical (unpaired) electrons. The number of rotatable bonds is 5. The Morgan fingerprint density at radius 1 is 1.30 bits per heavy atom. The van der Waals surface area contributed by atoms with E-state index in [-0.39, 0.29) is 35.9 Å². The summed E-state index contributed by atoms with van der Waals surface area (Å²) in [4.78, 5) is 20.7. The molecule has 1 saturated carbocycles. The summed E-state index contributed by atoms with van der Waals surface area (Å²) >= 11 is 5.21. The molecule has 1 atom stereocenters. The van der Waals surface area contributed by atoms with E-state index in [0.717, 1.165) is 48.6 Å². The van der Waals surface area contributed by atoms with Crippen LogP contribution >= 0.6 is 51.2 Å². The smallest absolute Gasteiger partial charge is 0.225 e. The Kier molecular flexibility index (Phi) is 9.86. The van der Waals surface area contributed by atoms with Crippen LogP contribution in [0.1, 0.15) is 50.3 Å². The fraction of sp³-hybridized carbons (Fsp3) is 0.684. The van der Waals surface area contributed by atoms with Gasteiger partial charge in [-0.1, -0.05) is 19.3 Å². The predicted molar refractivity (Wildman–Crippen MR) is 127 cm³/mol.